The summed E-state index contributed by atoms with van der Waals surface area (Å²) in [4.78, 5) is 116. The summed E-state index contributed by atoms with van der Waals surface area (Å²) in [5.41, 5.74) is 2.44. The Morgan fingerprint density at radius 1 is 0.513 bits per heavy atom. The van der Waals surface area contributed by atoms with Gasteiger partial charge < -0.3 is 47.0 Å². The first-order valence-corrected chi connectivity index (χ1v) is 27.8. The molecule has 4 aliphatic rings. The van der Waals surface area contributed by atoms with Crippen molar-refractivity contribution in [2.75, 3.05) is 27.2 Å². The SMILES string of the molecule is CN[C@@H](C)C(=O)N[C@H](C(=O)N1C[C@@H](CC(=O)c2ccc(C(=O)N[C@H]3C[C@@H](C(=O)N[C@H](C)c4ccccc4)N(C(=O)[C@@H](NC(=O)[C@H](C)NC)C4CCCCC4)C3)cc2)CC1C(=O)N[C@H](C)c1ccccc1)C1CCCCC1. The molecule has 17 heteroatoms. The summed E-state index contributed by atoms with van der Waals surface area (Å²) in [5.74, 6) is -3.18. The van der Waals surface area contributed by atoms with Crippen LogP contribution in [-0.4, -0.2) is 126 Å². The Bertz CT molecular complexity index is 2310. The van der Waals surface area contributed by atoms with Crippen molar-refractivity contribution >= 4 is 47.1 Å². The second kappa shape index (κ2) is 27.0. The van der Waals surface area contributed by atoms with Crippen LogP contribution in [0.4, 0.5) is 0 Å². The van der Waals surface area contributed by atoms with Gasteiger partial charge >= 0.3 is 0 Å². The van der Waals surface area contributed by atoms with E-state index in [1.165, 1.54) is 4.90 Å². The summed E-state index contributed by atoms with van der Waals surface area (Å²) in [6.07, 6.45) is 9.37. The first-order chi connectivity index (χ1) is 36.6. The molecule has 4 fully saturated rings. The van der Waals surface area contributed by atoms with Crippen LogP contribution in [0.5, 0.6) is 0 Å². The molecule has 2 aliphatic carbocycles. The van der Waals surface area contributed by atoms with E-state index in [4.69, 9.17) is 0 Å². The minimum atomic E-state index is -0.924. The molecule has 7 amide bonds. The molecule has 0 spiro atoms. The third kappa shape index (κ3) is 14.5. The van der Waals surface area contributed by atoms with Gasteiger partial charge in [0.1, 0.15) is 24.2 Å². The topological polar surface area (TPSA) is 227 Å². The highest BCUT2D eigenvalue weighted by Crippen LogP contribution is 2.34. The number of ketones is 1. The van der Waals surface area contributed by atoms with Crippen molar-refractivity contribution in [3.63, 3.8) is 0 Å². The van der Waals surface area contributed by atoms with Gasteiger partial charge in [0.05, 0.1) is 24.2 Å². The number of likely N-dealkylation sites (N-methyl/N-ethyl adjacent to an activating group) is 2. The number of likely N-dealkylation sites (tertiary alicyclic amines) is 2. The molecular weight excluding hydrogens is 963 g/mol. The van der Waals surface area contributed by atoms with Crippen molar-refractivity contribution in [2.24, 2.45) is 17.8 Å². The predicted molar refractivity (Wildman–Crippen MR) is 290 cm³/mol. The number of amides is 7. The lowest BCUT2D eigenvalue weighted by molar-refractivity contribution is -0.143. The Morgan fingerprint density at radius 3 is 1.38 bits per heavy atom. The Kier molecular flexibility index (Phi) is 20.4. The van der Waals surface area contributed by atoms with Crippen molar-refractivity contribution < 1.29 is 38.4 Å². The van der Waals surface area contributed by atoms with Gasteiger partial charge in [0.25, 0.3) is 5.91 Å². The third-order valence-electron chi connectivity index (χ3n) is 16.5. The van der Waals surface area contributed by atoms with Crippen LogP contribution in [0.3, 0.4) is 0 Å². The van der Waals surface area contributed by atoms with Gasteiger partial charge in [0.2, 0.25) is 35.4 Å². The van der Waals surface area contributed by atoms with Gasteiger partial charge in [0, 0.05) is 36.7 Å². The van der Waals surface area contributed by atoms with Gasteiger partial charge in [-0.3, -0.25) is 38.4 Å². The Labute approximate surface area is 448 Å². The van der Waals surface area contributed by atoms with Crippen LogP contribution >= 0.6 is 0 Å². The fourth-order valence-corrected chi connectivity index (χ4v) is 11.6. The van der Waals surface area contributed by atoms with Crippen molar-refractivity contribution in [1.82, 2.24) is 47.0 Å². The molecule has 7 rings (SSSR count). The zero-order valence-electron chi connectivity index (χ0n) is 45.3. The van der Waals surface area contributed by atoms with E-state index in [-0.39, 0.29) is 109 Å². The van der Waals surface area contributed by atoms with Gasteiger partial charge in [-0.05, 0) is 121 Å². The van der Waals surface area contributed by atoms with Crippen molar-refractivity contribution in [3.05, 3.63) is 107 Å². The van der Waals surface area contributed by atoms with Crippen LogP contribution in [0.1, 0.15) is 155 Å². The normalized spacial score (nSPS) is 22.5. The highest BCUT2D eigenvalue weighted by atomic mass is 16.2. The van der Waals surface area contributed by atoms with Crippen molar-refractivity contribution in [2.45, 2.75) is 166 Å². The molecule has 2 saturated carbocycles. The number of hydrogen-bond donors (Lipinski definition) is 7. The van der Waals surface area contributed by atoms with E-state index < -0.39 is 48.2 Å². The van der Waals surface area contributed by atoms with Gasteiger partial charge in [-0.1, -0.05) is 111 Å². The summed E-state index contributed by atoms with van der Waals surface area (Å²) < 4.78 is 0. The van der Waals surface area contributed by atoms with E-state index >= 15 is 0 Å². The second-order valence-corrected chi connectivity index (χ2v) is 21.8. The summed E-state index contributed by atoms with van der Waals surface area (Å²) in [6, 6.07) is 19.5. The zero-order chi connectivity index (χ0) is 54.5. The summed E-state index contributed by atoms with van der Waals surface area (Å²) in [7, 11) is 3.37. The third-order valence-corrected chi connectivity index (χ3v) is 16.5. The van der Waals surface area contributed by atoms with Gasteiger partial charge in [-0.15, -0.1) is 0 Å². The van der Waals surface area contributed by atoms with Crippen LogP contribution in [0.25, 0.3) is 0 Å². The van der Waals surface area contributed by atoms with Crippen molar-refractivity contribution in [3.8, 4) is 0 Å². The molecule has 7 N–H and O–H groups in total. The molecule has 0 radical (unpaired) electrons. The Hall–Kier alpha value is -6.46. The van der Waals surface area contributed by atoms with E-state index in [0.29, 0.717) is 5.56 Å². The van der Waals surface area contributed by atoms with Crippen LogP contribution in [0.2, 0.25) is 0 Å². The van der Waals surface area contributed by atoms with E-state index in [0.717, 1.165) is 75.3 Å². The fourth-order valence-electron chi connectivity index (χ4n) is 11.6. The lowest BCUT2D eigenvalue weighted by Gasteiger charge is -2.35. The number of benzene rings is 3. The second-order valence-electron chi connectivity index (χ2n) is 21.8. The maximum Gasteiger partial charge on any atom is 0.251 e. The molecule has 2 aliphatic heterocycles. The minimum Gasteiger partial charge on any atom is -0.348 e. The Morgan fingerprint density at radius 2 is 0.934 bits per heavy atom. The van der Waals surface area contributed by atoms with E-state index in [1.54, 1.807) is 57.1 Å². The highest BCUT2D eigenvalue weighted by molar-refractivity contribution is 6.00. The molecule has 1 unspecified atom stereocenters. The molecular formula is C59H81N9O8. The van der Waals surface area contributed by atoms with E-state index in [9.17, 15) is 38.4 Å². The first kappa shape index (κ1) is 57.2. The molecule has 17 nitrogen and oxygen atoms in total. The monoisotopic (exact) mass is 1040 g/mol. The number of nitrogens with one attached hydrogen (secondary N) is 7. The predicted octanol–water partition coefficient (Wildman–Crippen LogP) is 5.28. The smallest absolute Gasteiger partial charge is 0.251 e. The van der Waals surface area contributed by atoms with Crippen molar-refractivity contribution in [1.29, 1.82) is 0 Å². The maximum atomic E-state index is 14.8. The standard InChI is InChI=1S/C59H81N9O8/c1-36(41-19-11-7-12-20-41)62-56(73)48-31-40(34-67(48)58(75)51(44-23-15-9-16-24-44)65-53(70)38(3)60-5)32-50(69)43-27-29-46(30-28-43)55(72)64-47-33-49(57(74)63-37(2)42-21-13-8-14-22-42)68(35-47)59(76)52(45-25-17-10-18-26-45)66-54(71)39(4)61-6/h7-8,11-14,19-22,27-30,36-40,44-45,47-49,51-52,60-61H,9-10,15-18,23-26,31-35H2,1-6H3,(H,62,73)(H,63,74)(H,64,72)(H,65,70)(H,66,71)/t36-,37-,38+,39+,40-,47+,48?,49+,51+,52+/m1/s1. The highest BCUT2D eigenvalue weighted by Gasteiger charge is 2.47. The summed E-state index contributed by atoms with van der Waals surface area (Å²) in [5, 5.41) is 21.2. The minimum absolute atomic E-state index is 0.0407. The lowest BCUT2D eigenvalue weighted by Crippen LogP contribution is -2.58. The van der Waals surface area contributed by atoms with Gasteiger partial charge in [-0.2, -0.15) is 0 Å². The lowest BCUT2D eigenvalue weighted by atomic mass is 9.83. The molecule has 10 atom stereocenters. The first-order valence-electron chi connectivity index (χ1n) is 27.8. The van der Waals surface area contributed by atoms with Gasteiger partial charge in [-0.25, -0.2) is 0 Å². The molecule has 76 heavy (non-hydrogen) atoms. The van der Waals surface area contributed by atoms with Gasteiger partial charge in [0.15, 0.2) is 5.78 Å². The largest absolute Gasteiger partial charge is 0.348 e. The molecule has 3 aromatic rings. The molecule has 410 valence electrons. The maximum absolute atomic E-state index is 14.8. The number of hydrogen-bond acceptors (Lipinski definition) is 10. The fraction of sp³-hybridized carbons (Fsp3) is 0.559. The molecule has 0 aromatic heterocycles. The van der Waals surface area contributed by atoms with E-state index in [2.05, 4.69) is 37.2 Å². The summed E-state index contributed by atoms with van der Waals surface area (Å²) in [6.45, 7) is 7.43. The number of carbonyl (C=O) groups excluding carboxylic acids is 8. The molecule has 2 saturated heterocycles. The Balaban J connectivity index is 1.05. The summed E-state index contributed by atoms with van der Waals surface area (Å²) >= 11 is 0. The average Bonchev–Trinajstić information content (AvgIpc) is 4.08. The van der Waals surface area contributed by atoms with Crippen LogP contribution < -0.4 is 37.2 Å². The molecule has 0 bridgehead atoms. The molecule has 3 aromatic carbocycles. The quantitative estimate of drug-likeness (QED) is 0.0684. The van der Waals surface area contributed by atoms with Crippen LogP contribution in [-0.2, 0) is 28.8 Å². The average molecular weight is 1040 g/mol. The molecule has 2 heterocycles. The number of carbonyl (C=O) groups is 8. The van der Waals surface area contributed by atoms with Crippen LogP contribution in [0.15, 0.2) is 84.9 Å². The number of Topliss-reactive ketones (excluding diaryl/α,β-unsaturated/α-hetero) is 1. The number of rotatable bonds is 21. The van der Waals surface area contributed by atoms with E-state index in [1.807, 2.05) is 74.5 Å². The zero-order valence-corrected chi connectivity index (χ0v) is 45.3. The van der Waals surface area contributed by atoms with Crippen LogP contribution in [0, 0.1) is 17.8 Å². The number of nitrogens with zero attached hydrogens (tertiary/aromatic N) is 2.